The Kier molecular flexibility index (Phi) is 11.0. The fourth-order valence-electron chi connectivity index (χ4n) is 2.87. The molecule has 0 aliphatic carbocycles. The summed E-state index contributed by atoms with van der Waals surface area (Å²) in [4.78, 5) is 50.9. The number of thiol groups is 1. The van der Waals surface area contributed by atoms with Crippen molar-refractivity contribution in [2.75, 3.05) is 26.0 Å². The van der Waals surface area contributed by atoms with Crippen LogP contribution in [0.5, 0.6) is 5.75 Å². The maximum atomic E-state index is 13.1. The Bertz CT molecular complexity index is 842. The molecule has 1 rings (SSSR count). The first-order valence-corrected chi connectivity index (χ1v) is 11.1. The number of phenols is 1. The molecule has 0 saturated carbocycles. The van der Waals surface area contributed by atoms with E-state index in [0.29, 0.717) is 0 Å². The molecule has 0 fully saturated rings. The van der Waals surface area contributed by atoms with E-state index < -0.39 is 41.6 Å². The van der Waals surface area contributed by atoms with Gasteiger partial charge in [0, 0.05) is 24.9 Å². The standard InChI is InChI=1S/C22H33N3O7S/c1-6-31-17(27)11-12-23-19(28)18(14-9-7-8-10-16(14)26)25(5)20(29)15(13-33)24-21(30)32-22(2,3)4/h7-10,15,18,26,33H,6,11-13H2,1-5H3,(H,23,28)(H,24,30). The second kappa shape index (κ2) is 12.9. The van der Waals surface area contributed by atoms with E-state index in [4.69, 9.17) is 9.47 Å². The number of hydrogen-bond donors (Lipinski definition) is 4. The van der Waals surface area contributed by atoms with Crippen molar-refractivity contribution in [3.05, 3.63) is 29.8 Å². The van der Waals surface area contributed by atoms with E-state index in [1.54, 1.807) is 39.8 Å². The third-order valence-corrected chi connectivity index (χ3v) is 4.69. The molecule has 0 radical (unpaired) electrons. The van der Waals surface area contributed by atoms with Gasteiger partial charge >= 0.3 is 12.1 Å². The van der Waals surface area contributed by atoms with Gasteiger partial charge in [0.1, 0.15) is 23.4 Å². The second-order valence-electron chi connectivity index (χ2n) is 8.14. The molecule has 0 aliphatic rings. The quantitative estimate of drug-likeness (QED) is 0.294. The number of nitrogens with one attached hydrogen (secondary N) is 2. The first-order valence-electron chi connectivity index (χ1n) is 10.5. The average Bonchev–Trinajstić information content (AvgIpc) is 2.72. The van der Waals surface area contributed by atoms with Gasteiger partial charge in [0.25, 0.3) is 0 Å². The number of likely N-dealkylation sites (N-methyl/N-ethyl adjacent to an activating group) is 1. The van der Waals surface area contributed by atoms with Gasteiger partial charge < -0.3 is 30.1 Å². The van der Waals surface area contributed by atoms with E-state index in [0.717, 1.165) is 4.90 Å². The predicted octanol–water partition coefficient (Wildman–Crippen LogP) is 1.78. The summed E-state index contributed by atoms with van der Waals surface area (Å²) in [5, 5.41) is 15.4. The van der Waals surface area contributed by atoms with E-state index in [9.17, 15) is 24.3 Å². The lowest BCUT2D eigenvalue weighted by Crippen LogP contribution is -2.52. The second-order valence-corrected chi connectivity index (χ2v) is 8.50. The molecule has 33 heavy (non-hydrogen) atoms. The predicted molar refractivity (Wildman–Crippen MR) is 125 cm³/mol. The van der Waals surface area contributed by atoms with Crippen LogP contribution in [0, 0.1) is 0 Å². The molecule has 2 atom stereocenters. The summed E-state index contributed by atoms with van der Waals surface area (Å²) >= 11 is 4.14. The number of amides is 3. The van der Waals surface area contributed by atoms with Crippen molar-refractivity contribution in [1.82, 2.24) is 15.5 Å². The molecule has 1 aromatic carbocycles. The SMILES string of the molecule is CCOC(=O)CCNC(=O)C(c1ccccc1O)N(C)C(=O)C(CS)NC(=O)OC(C)(C)C. The highest BCUT2D eigenvalue weighted by molar-refractivity contribution is 7.80. The van der Waals surface area contributed by atoms with Crippen LogP contribution in [0.3, 0.4) is 0 Å². The molecule has 0 aromatic heterocycles. The number of ether oxygens (including phenoxy) is 2. The van der Waals surface area contributed by atoms with Crippen molar-refractivity contribution in [1.29, 1.82) is 0 Å². The molecule has 0 aliphatic heterocycles. The Labute approximate surface area is 199 Å². The van der Waals surface area contributed by atoms with Crippen molar-refractivity contribution in [2.45, 2.75) is 51.8 Å². The van der Waals surface area contributed by atoms with Crippen LogP contribution < -0.4 is 10.6 Å². The van der Waals surface area contributed by atoms with Crippen molar-refractivity contribution in [3.63, 3.8) is 0 Å². The van der Waals surface area contributed by atoms with E-state index in [1.165, 1.54) is 19.2 Å². The minimum Gasteiger partial charge on any atom is -0.508 e. The topological polar surface area (TPSA) is 134 Å². The summed E-state index contributed by atoms with van der Waals surface area (Å²) in [5.41, 5.74) is -0.589. The monoisotopic (exact) mass is 483 g/mol. The molecular formula is C22H33N3O7S. The Hall–Kier alpha value is -2.95. The molecule has 1 aromatic rings. The van der Waals surface area contributed by atoms with Gasteiger partial charge in [-0.05, 0) is 33.8 Å². The maximum absolute atomic E-state index is 13.1. The van der Waals surface area contributed by atoms with Gasteiger partial charge in [0.05, 0.1) is 13.0 Å². The maximum Gasteiger partial charge on any atom is 0.408 e. The Balaban J connectivity index is 3.07. The molecule has 11 heteroatoms. The molecule has 184 valence electrons. The lowest BCUT2D eigenvalue weighted by molar-refractivity contribution is -0.143. The lowest BCUT2D eigenvalue weighted by atomic mass is 10.0. The van der Waals surface area contributed by atoms with Crippen LogP contribution in [0.4, 0.5) is 4.79 Å². The smallest absolute Gasteiger partial charge is 0.408 e. The first-order chi connectivity index (χ1) is 15.4. The zero-order valence-electron chi connectivity index (χ0n) is 19.6. The minimum atomic E-state index is -1.23. The molecular weight excluding hydrogens is 450 g/mol. The van der Waals surface area contributed by atoms with Crippen LogP contribution in [0.2, 0.25) is 0 Å². The molecule has 0 heterocycles. The van der Waals surface area contributed by atoms with Gasteiger partial charge in [0.15, 0.2) is 0 Å². The number of hydrogen-bond acceptors (Lipinski definition) is 8. The highest BCUT2D eigenvalue weighted by atomic mass is 32.1. The Morgan fingerprint density at radius 2 is 1.82 bits per heavy atom. The van der Waals surface area contributed by atoms with E-state index in [-0.39, 0.29) is 36.6 Å². The molecule has 0 spiro atoms. The lowest BCUT2D eigenvalue weighted by Gasteiger charge is -2.31. The Morgan fingerprint density at radius 3 is 2.36 bits per heavy atom. The third kappa shape index (κ3) is 9.21. The van der Waals surface area contributed by atoms with E-state index in [1.807, 2.05) is 0 Å². The number of aromatic hydroxyl groups is 1. The average molecular weight is 484 g/mol. The minimum absolute atomic E-state index is 0.0179. The summed E-state index contributed by atoms with van der Waals surface area (Å²) in [5.74, 6) is -1.96. The summed E-state index contributed by atoms with van der Waals surface area (Å²) < 4.78 is 10.0. The van der Waals surface area contributed by atoms with Gasteiger partial charge in [-0.3, -0.25) is 14.4 Å². The van der Waals surface area contributed by atoms with Crippen molar-refractivity contribution in [3.8, 4) is 5.75 Å². The molecule has 0 saturated heterocycles. The number of para-hydroxylation sites is 1. The van der Waals surface area contributed by atoms with Gasteiger partial charge in [0.2, 0.25) is 11.8 Å². The van der Waals surface area contributed by atoms with Gasteiger partial charge in [-0.2, -0.15) is 12.6 Å². The summed E-state index contributed by atoms with van der Waals surface area (Å²) in [6.07, 6.45) is -0.856. The zero-order chi connectivity index (χ0) is 25.2. The first kappa shape index (κ1) is 28.1. The van der Waals surface area contributed by atoms with Crippen molar-refractivity contribution in [2.24, 2.45) is 0 Å². The zero-order valence-corrected chi connectivity index (χ0v) is 20.5. The van der Waals surface area contributed by atoms with Crippen LogP contribution >= 0.6 is 12.6 Å². The van der Waals surface area contributed by atoms with E-state index in [2.05, 4.69) is 23.3 Å². The molecule has 0 bridgehead atoms. The molecule has 3 N–H and O–H groups in total. The number of nitrogens with zero attached hydrogens (tertiary/aromatic N) is 1. The van der Waals surface area contributed by atoms with Crippen molar-refractivity contribution >= 4 is 36.5 Å². The number of esters is 1. The number of carbonyl (C=O) groups excluding carboxylic acids is 4. The number of carbonyl (C=O) groups is 4. The molecule has 3 amide bonds. The highest BCUT2D eigenvalue weighted by Crippen LogP contribution is 2.28. The van der Waals surface area contributed by atoms with Gasteiger partial charge in [-0.25, -0.2) is 4.79 Å². The summed E-state index contributed by atoms with van der Waals surface area (Å²) in [6.45, 7) is 6.94. The number of alkyl carbamates (subject to hydrolysis) is 1. The number of rotatable bonds is 10. The molecule has 2 unspecified atom stereocenters. The fourth-order valence-corrected chi connectivity index (χ4v) is 3.12. The fraction of sp³-hybridized carbons (Fsp3) is 0.545. The summed E-state index contributed by atoms with van der Waals surface area (Å²) in [7, 11) is 1.37. The largest absolute Gasteiger partial charge is 0.508 e. The van der Waals surface area contributed by atoms with Crippen molar-refractivity contribution < 1.29 is 33.8 Å². The van der Waals surface area contributed by atoms with Gasteiger partial charge in [-0.15, -0.1) is 0 Å². The normalized spacial score (nSPS) is 12.8. The number of phenolic OH excluding ortho intramolecular Hbond substituents is 1. The number of benzene rings is 1. The third-order valence-electron chi connectivity index (χ3n) is 4.32. The highest BCUT2D eigenvalue weighted by Gasteiger charge is 2.34. The van der Waals surface area contributed by atoms with Crippen LogP contribution in [-0.2, 0) is 23.9 Å². The van der Waals surface area contributed by atoms with Crippen LogP contribution in [0.1, 0.15) is 45.7 Å². The summed E-state index contributed by atoms with van der Waals surface area (Å²) in [6, 6.07) is 3.77. The van der Waals surface area contributed by atoms with Crippen LogP contribution in [-0.4, -0.2) is 71.5 Å². The van der Waals surface area contributed by atoms with Gasteiger partial charge in [-0.1, -0.05) is 18.2 Å². The van der Waals surface area contributed by atoms with E-state index >= 15 is 0 Å². The van der Waals surface area contributed by atoms with Crippen LogP contribution in [0.25, 0.3) is 0 Å². The van der Waals surface area contributed by atoms with Crippen LogP contribution in [0.15, 0.2) is 24.3 Å². The molecule has 10 nitrogen and oxygen atoms in total. The Morgan fingerprint density at radius 1 is 1.18 bits per heavy atom.